The van der Waals surface area contributed by atoms with E-state index in [9.17, 15) is 0 Å². The lowest BCUT2D eigenvalue weighted by Gasteiger charge is -2.39. The van der Waals surface area contributed by atoms with E-state index in [1.165, 1.54) is 135 Å². The summed E-state index contributed by atoms with van der Waals surface area (Å²) in [5.74, 6) is 0.944. The maximum Gasteiger partial charge on any atom is -0.0122 e. The van der Waals surface area contributed by atoms with Crippen LogP contribution in [-0.4, -0.2) is 5.16 Å². The van der Waals surface area contributed by atoms with Gasteiger partial charge in [-0.15, -0.1) is 26.2 Å². The van der Waals surface area contributed by atoms with E-state index < -0.39 is 0 Å². The van der Waals surface area contributed by atoms with Gasteiger partial charge >= 0.3 is 0 Å². The Morgan fingerprint density at radius 1 is 0.483 bits per heavy atom. The predicted octanol–water partition coefficient (Wildman–Crippen LogP) is 11.1. The Hall–Kier alpha value is 0.910. The monoisotopic (exact) mass is 492 g/mol. The molecule has 0 fully saturated rings. The summed E-state index contributed by atoms with van der Waals surface area (Å²) in [5, 5.41) is 0.526. The topological polar surface area (TPSA) is 0 Å². The minimum Gasteiger partial charge on any atom is -0.131 e. The second kappa shape index (κ2) is 23.6. The fourth-order valence-electron chi connectivity index (χ4n) is 4.83. The van der Waals surface area contributed by atoms with E-state index in [4.69, 9.17) is 0 Å². The average molecular weight is 494 g/mol. The van der Waals surface area contributed by atoms with Crippen LogP contribution in [0.4, 0.5) is 0 Å². The van der Waals surface area contributed by atoms with Crippen LogP contribution in [0.3, 0.4) is 0 Å². The van der Waals surface area contributed by atoms with Crippen LogP contribution in [0.5, 0.6) is 0 Å². The number of unbranched alkanes of at least 4 members (excludes halogenated alkanes) is 13. The maximum atomic E-state index is 3.46. The summed E-state index contributed by atoms with van der Waals surface area (Å²) < 4.78 is 0. The molecule has 2 unspecified atom stereocenters. The highest BCUT2D eigenvalue weighted by molar-refractivity contribution is 8.93. The average Bonchev–Trinajstić information content (AvgIpc) is 2.70. The lowest BCUT2D eigenvalue weighted by molar-refractivity contribution is 0.270. The van der Waals surface area contributed by atoms with Crippen molar-refractivity contribution in [3.63, 3.8) is 0 Å². The van der Waals surface area contributed by atoms with Crippen LogP contribution >= 0.6 is 26.2 Å². The van der Waals surface area contributed by atoms with Gasteiger partial charge in [0, 0.05) is 0 Å². The van der Waals surface area contributed by atoms with E-state index in [0.717, 1.165) is 5.92 Å². The Morgan fingerprint density at radius 2 is 0.793 bits per heavy atom. The lowest BCUT2D eigenvalue weighted by atomic mass is 9.77. The summed E-state index contributed by atoms with van der Waals surface area (Å²) in [6.45, 7) is 9.35. The summed E-state index contributed by atoms with van der Waals surface area (Å²) >= 11 is 0. The van der Waals surface area contributed by atoms with Crippen molar-refractivity contribution in [2.24, 2.45) is 5.92 Å². The van der Waals surface area contributed by atoms with Gasteiger partial charge in [-0.3, -0.25) is 0 Å². The van der Waals surface area contributed by atoms with Gasteiger partial charge in [0.15, 0.2) is 0 Å². The van der Waals surface area contributed by atoms with Crippen LogP contribution in [0.25, 0.3) is 0 Å². The molecule has 178 valence electrons. The Kier molecular flexibility index (Phi) is 26.1. The number of halogens is 1. The number of hydrogen-bond donors (Lipinski definition) is 0. The van der Waals surface area contributed by atoms with E-state index in [1.54, 1.807) is 0 Å². The van der Waals surface area contributed by atoms with Crippen LogP contribution in [0.15, 0.2) is 0 Å². The Morgan fingerprint density at radius 3 is 1.17 bits per heavy atom. The molecule has 0 radical (unpaired) electrons. The molecule has 0 aliphatic rings. The number of hydrogen-bond acceptors (Lipinski definition) is 0. The molecule has 2 heteroatoms. The molecule has 0 spiro atoms. The third-order valence-corrected chi connectivity index (χ3v) is 7.92. The van der Waals surface area contributed by atoms with Gasteiger partial charge in [0.25, 0.3) is 0 Å². The highest BCUT2D eigenvalue weighted by Gasteiger charge is 2.32. The second-order valence-electron chi connectivity index (χ2n) is 9.60. The van der Waals surface area contributed by atoms with Crippen molar-refractivity contribution < 1.29 is 0 Å². The molecule has 0 aliphatic heterocycles. The molecule has 0 amide bonds. The molecule has 0 saturated carbocycles. The number of rotatable bonds is 22. The van der Waals surface area contributed by atoms with E-state index in [0.29, 0.717) is 5.16 Å². The quantitative estimate of drug-likeness (QED) is 0.104. The molecular formula is C27H58BrP. The molecule has 0 bridgehead atoms. The minimum absolute atomic E-state index is 0. The van der Waals surface area contributed by atoms with Crippen molar-refractivity contribution in [1.82, 2.24) is 0 Å². The zero-order chi connectivity index (χ0) is 20.9. The molecule has 0 rings (SSSR count). The van der Waals surface area contributed by atoms with Gasteiger partial charge < -0.3 is 0 Å². The molecule has 0 aliphatic carbocycles. The predicted molar refractivity (Wildman–Crippen MR) is 146 cm³/mol. The lowest BCUT2D eigenvalue weighted by Crippen LogP contribution is -2.32. The molecule has 0 aromatic rings. The largest absolute Gasteiger partial charge is 0.131 e. The summed E-state index contributed by atoms with van der Waals surface area (Å²) in [5.41, 5.74) is 0. The third kappa shape index (κ3) is 18.2. The second-order valence-corrected chi connectivity index (χ2v) is 10.8. The first-order chi connectivity index (χ1) is 13.6. The molecule has 0 aromatic carbocycles. The zero-order valence-electron chi connectivity index (χ0n) is 20.9. The Bertz CT molecular complexity index is 293. The summed E-state index contributed by atoms with van der Waals surface area (Å²) in [7, 11) is 3.46. The first-order valence-electron chi connectivity index (χ1n) is 13.4. The van der Waals surface area contributed by atoms with Crippen molar-refractivity contribution >= 4 is 26.2 Å². The molecule has 0 nitrogen and oxygen atoms in total. The molecule has 2 atom stereocenters. The molecule has 0 saturated heterocycles. The van der Waals surface area contributed by atoms with Crippen LogP contribution in [0.1, 0.15) is 163 Å². The van der Waals surface area contributed by atoms with Gasteiger partial charge in [0.2, 0.25) is 0 Å². The fourth-order valence-corrected chi connectivity index (χ4v) is 5.57. The van der Waals surface area contributed by atoms with Crippen molar-refractivity contribution in [2.45, 2.75) is 168 Å². The first kappa shape index (κ1) is 32.1. The molecular weight excluding hydrogens is 435 g/mol. The van der Waals surface area contributed by atoms with E-state index >= 15 is 0 Å². The van der Waals surface area contributed by atoms with Crippen LogP contribution in [0.2, 0.25) is 0 Å². The normalized spacial score (nSPS) is 12.7. The third-order valence-electron chi connectivity index (χ3n) is 6.87. The molecule has 0 heterocycles. The van der Waals surface area contributed by atoms with Gasteiger partial charge in [-0.25, -0.2) is 0 Å². The van der Waals surface area contributed by atoms with Gasteiger partial charge in [-0.05, 0) is 36.8 Å². The molecule has 0 N–H and O–H groups in total. The zero-order valence-corrected chi connectivity index (χ0v) is 23.8. The summed E-state index contributed by atoms with van der Waals surface area (Å²) in [6.07, 6.45) is 30.1. The minimum atomic E-state index is 0. The summed E-state index contributed by atoms with van der Waals surface area (Å²) in [6, 6.07) is 0. The van der Waals surface area contributed by atoms with Gasteiger partial charge in [0.05, 0.1) is 0 Å². The first-order valence-corrected chi connectivity index (χ1v) is 14.0. The summed E-state index contributed by atoms with van der Waals surface area (Å²) in [4.78, 5) is 0. The van der Waals surface area contributed by atoms with Gasteiger partial charge in [-0.2, -0.15) is 0 Å². The maximum absolute atomic E-state index is 3.46. The van der Waals surface area contributed by atoms with E-state index in [-0.39, 0.29) is 17.0 Å². The van der Waals surface area contributed by atoms with Crippen LogP contribution < -0.4 is 0 Å². The fraction of sp³-hybridized carbons (Fsp3) is 1.00. The molecule has 29 heavy (non-hydrogen) atoms. The van der Waals surface area contributed by atoms with Gasteiger partial charge in [0.1, 0.15) is 0 Å². The van der Waals surface area contributed by atoms with E-state index in [1.807, 2.05) is 0 Å². The SMILES string of the molecule is Br.CCCCCCCC(CCCCCC)C(P)(CCCCCC)CCCCCC. The van der Waals surface area contributed by atoms with E-state index in [2.05, 4.69) is 36.9 Å². The highest BCUT2D eigenvalue weighted by Crippen LogP contribution is 2.44. The Labute approximate surface area is 199 Å². The van der Waals surface area contributed by atoms with Crippen molar-refractivity contribution in [2.75, 3.05) is 0 Å². The highest BCUT2D eigenvalue weighted by atomic mass is 79.9. The van der Waals surface area contributed by atoms with Crippen molar-refractivity contribution in [3.05, 3.63) is 0 Å². The molecule has 0 aromatic heterocycles. The standard InChI is InChI=1S/C27H57P.BrH/c1-5-9-13-17-19-23-26(22-18-14-10-6-2)27(28,24-20-15-11-7-3)25-21-16-12-8-4;/h26H,5-25,28H2,1-4H3;1H. The van der Waals surface area contributed by atoms with Crippen molar-refractivity contribution in [3.8, 4) is 0 Å². The van der Waals surface area contributed by atoms with Crippen LogP contribution in [-0.2, 0) is 0 Å². The van der Waals surface area contributed by atoms with Gasteiger partial charge in [-0.1, -0.05) is 137 Å². The van der Waals surface area contributed by atoms with Crippen LogP contribution in [0, 0.1) is 5.92 Å². The van der Waals surface area contributed by atoms with Crippen molar-refractivity contribution in [1.29, 1.82) is 0 Å². The Balaban J connectivity index is 0. The smallest absolute Gasteiger partial charge is 0.0122 e.